The smallest absolute Gasteiger partial charge is 0.308 e. The van der Waals surface area contributed by atoms with Gasteiger partial charge in [0.2, 0.25) is 0 Å². The maximum absolute atomic E-state index is 15.1. The van der Waals surface area contributed by atoms with E-state index in [1.54, 1.807) is 0 Å². The Morgan fingerprint density at radius 1 is 0.903 bits per heavy atom. The molecule has 7 unspecified atom stereocenters. The van der Waals surface area contributed by atoms with Crippen LogP contribution in [0.4, 0.5) is 8.78 Å². The number of esters is 1. The first-order valence-electron chi connectivity index (χ1n) is 12.6. The van der Waals surface area contributed by atoms with Crippen molar-refractivity contribution in [3.63, 3.8) is 0 Å². The minimum atomic E-state index is -0.859. The molecule has 180 valence electrons. The van der Waals surface area contributed by atoms with Gasteiger partial charge in [0, 0.05) is 5.38 Å². The molecule has 7 atom stereocenters. The van der Waals surface area contributed by atoms with E-state index in [-0.39, 0.29) is 41.1 Å². The Morgan fingerprint density at radius 2 is 1.52 bits per heavy atom. The number of carbonyl (C=O) groups excluding carboxylic acids is 1. The highest BCUT2D eigenvalue weighted by atomic mass is 35.5. The standard InChI is InChI=1S/C25H41ClF2O3/c1-3-16(2)25(29)31-13-12-30-20-8-4-17(5-9-20)21-10-6-18(14-23(21)27)22-11-7-19(26)15-24(22)28/h16-24H,3-15H2,1-2H3. The average Bonchev–Trinajstić information content (AvgIpc) is 2.76. The van der Waals surface area contributed by atoms with E-state index in [0.717, 1.165) is 57.8 Å². The molecule has 0 aromatic heterocycles. The van der Waals surface area contributed by atoms with Crippen LogP contribution in [0.3, 0.4) is 0 Å². The maximum atomic E-state index is 15.1. The highest BCUT2D eigenvalue weighted by Gasteiger charge is 2.42. The predicted molar refractivity (Wildman–Crippen MR) is 120 cm³/mol. The Labute approximate surface area is 192 Å². The molecule has 0 spiro atoms. The number of alkyl halides is 3. The molecule has 0 saturated heterocycles. The van der Waals surface area contributed by atoms with E-state index in [2.05, 4.69) is 0 Å². The number of ether oxygens (including phenoxy) is 2. The third-order valence-corrected chi connectivity index (χ3v) is 8.64. The van der Waals surface area contributed by atoms with Gasteiger partial charge >= 0.3 is 5.97 Å². The topological polar surface area (TPSA) is 35.5 Å². The molecular formula is C25H41ClF2O3. The van der Waals surface area contributed by atoms with E-state index >= 15 is 4.39 Å². The fourth-order valence-electron chi connectivity index (χ4n) is 6.06. The van der Waals surface area contributed by atoms with Crippen LogP contribution in [0.5, 0.6) is 0 Å². The Bertz CT molecular complexity index is 555. The molecule has 0 radical (unpaired) electrons. The van der Waals surface area contributed by atoms with Crippen LogP contribution in [0.1, 0.15) is 84.5 Å². The van der Waals surface area contributed by atoms with Gasteiger partial charge in [-0.05, 0) is 94.3 Å². The summed E-state index contributed by atoms with van der Waals surface area (Å²) >= 11 is 6.11. The number of rotatable bonds is 8. The van der Waals surface area contributed by atoms with Crippen LogP contribution in [-0.2, 0) is 14.3 Å². The largest absolute Gasteiger partial charge is 0.463 e. The lowest BCUT2D eigenvalue weighted by molar-refractivity contribution is -0.150. The minimum absolute atomic E-state index is 0.00718. The lowest BCUT2D eigenvalue weighted by Gasteiger charge is -2.43. The summed E-state index contributed by atoms with van der Waals surface area (Å²) < 4.78 is 40.8. The van der Waals surface area contributed by atoms with Crippen molar-refractivity contribution in [3.05, 3.63) is 0 Å². The highest BCUT2D eigenvalue weighted by molar-refractivity contribution is 6.20. The number of hydrogen-bond acceptors (Lipinski definition) is 3. The fraction of sp³-hybridized carbons (Fsp3) is 0.960. The normalized spacial score (nSPS) is 40.3. The van der Waals surface area contributed by atoms with Crippen molar-refractivity contribution in [3.8, 4) is 0 Å². The summed E-state index contributed by atoms with van der Waals surface area (Å²) in [5.41, 5.74) is 0. The Hall–Kier alpha value is -0.420. The van der Waals surface area contributed by atoms with E-state index in [4.69, 9.17) is 21.1 Å². The Balaban J connectivity index is 1.34. The van der Waals surface area contributed by atoms with Gasteiger partial charge in [-0.1, -0.05) is 13.8 Å². The number of carbonyl (C=O) groups is 1. The van der Waals surface area contributed by atoms with Gasteiger partial charge in [-0.3, -0.25) is 4.79 Å². The molecule has 0 aromatic carbocycles. The summed E-state index contributed by atoms with van der Waals surface area (Å²) in [6, 6.07) is 0. The second kappa shape index (κ2) is 12.2. The lowest BCUT2D eigenvalue weighted by atomic mass is 9.65. The van der Waals surface area contributed by atoms with Gasteiger partial charge in [0.15, 0.2) is 0 Å². The van der Waals surface area contributed by atoms with Crippen molar-refractivity contribution in [1.82, 2.24) is 0 Å². The Kier molecular flexibility index (Phi) is 9.89. The van der Waals surface area contributed by atoms with Crippen LogP contribution in [0.2, 0.25) is 0 Å². The fourth-order valence-corrected chi connectivity index (χ4v) is 6.36. The minimum Gasteiger partial charge on any atom is -0.463 e. The molecule has 3 nitrogen and oxygen atoms in total. The summed E-state index contributed by atoms with van der Waals surface area (Å²) in [6.45, 7) is 4.58. The molecule has 0 aromatic rings. The van der Waals surface area contributed by atoms with Crippen molar-refractivity contribution in [2.24, 2.45) is 29.6 Å². The summed E-state index contributed by atoms with van der Waals surface area (Å²) in [5, 5.41) is -0.0480. The lowest BCUT2D eigenvalue weighted by Crippen LogP contribution is -2.40. The van der Waals surface area contributed by atoms with Gasteiger partial charge in [0.05, 0.1) is 18.6 Å². The van der Waals surface area contributed by atoms with Crippen molar-refractivity contribution >= 4 is 17.6 Å². The second-order valence-electron chi connectivity index (χ2n) is 10.2. The quantitative estimate of drug-likeness (QED) is 0.230. The van der Waals surface area contributed by atoms with Gasteiger partial charge in [0.1, 0.15) is 19.0 Å². The zero-order valence-electron chi connectivity index (χ0n) is 19.2. The van der Waals surface area contributed by atoms with Gasteiger partial charge in [-0.15, -0.1) is 11.6 Å². The monoisotopic (exact) mass is 462 g/mol. The molecule has 0 bridgehead atoms. The van der Waals surface area contributed by atoms with Crippen molar-refractivity contribution in [2.45, 2.75) is 108 Å². The van der Waals surface area contributed by atoms with Crippen molar-refractivity contribution in [2.75, 3.05) is 13.2 Å². The van der Waals surface area contributed by atoms with E-state index in [1.807, 2.05) is 13.8 Å². The molecule has 0 heterocycles. The molecule has 0 amide bonds. The molecule has 3 rings (SSSR count). The summed E-state index contributed by atoms with van der Waals surface area (Å²) in [7, 11) is 0. The molecule has 0 N–H and O–H groups in total. The van der Waals surface area contributed by atoms with Crippen molar-refractivity contribution < 1.29 is 23.0 Å². The van der Waals surface area contributed by atoms with Gasteiger partial charge in [-0.25, -0.2) is 8.78 Å². The average molecular weight is 463 g/mol. The second-order valence-corrected chi connectivity index (χ2v) is 10.8. The molecule has 6 heteroatoms. The SMILES string of the molecule is CCC(C)C(=O)OCCOC1CCC(C2CCC(C3CCC(Cl)CC3F)CC2F)CC1. The van der Waals surface area contributed by atoms with Crippen LogP contribution >= 0.6 is 11.6 Å². The first kappa shape index (κ1) is 25.2. The van der Waals surface area contributed by atoms with Crippen LogP contribution in [0, 0.1) is 29.6 Å². The predicted octanol–water partition coefficient (Wildman–Crippen LogP) is 6.65. The summed E-state index contributed by atoms with van der Waals surface area (Å²) in [6.07, 6.45) is 7.68. The molecule has 0 aliphatic heterocycles. The first-order chi connectivity index (χ1) is 14.9. The van der Waals surface area contributed by atoms with E-state index in [0.29, 0.717) is 32.0 Å². The first-order valence-corrected chi connectivity index (χ1v) is 13.0. The van der Waals surface area contributed by atoms with Gasteiger partial charge < -0.3 is 9.47 Å². The summed E-state index contributed by atoms with van der Waals surface area (Å²) in [4.78, 5) is 11.7. The van der Waals surface area contributed by atoms with Crippen LogP contribution < -0.4 is 0 Å². The van der Waals surface area contributed by atoms with Crippen LogP contribution in [-0.4, -0.2) is 43.0 Å². The molecule has 31 heavy (non-hydrogen) atoms. The molecule has 3 fully saturated rings. The van der Waals surface area contributed by atoms with Crippen LogP contribution in [0.15, 0.2) is 0 Å². The summed E-state index contributed by atoms with van der Waals surface area (Å²) in [5.74, 6) is 0.505. The number of hydrogen-bond donors (Lipinski definition) is 0. The Morgan fingerprint density at radius 3 is 2.16 bits per heavy atom. The molecule has 3 aliphatic carbocycles. The number of halogens is 3. The zero-order valence-corrected chi connectivity index (χ0v) is 20.0. The molecular weight excluding hydrogens is 422 g/mol. The third-order valence-electron chi connectivity index (χ3n) is 8.25. The van der Waals surface area contributed by atoms with E-state index in [1.165, 1.54) is 0 Å². The van der Waals surface area contributed by atoms with Crippen molar-refractivity contribution in [1.29, 1.82) is 0 Å². The van der Waals surface area contributed by atoms with Crippen LogP contribution in [0.25, 0.3) is 0 Å². The van der Waals surface area contributed by atoms with E-state index in [9.17, 15) is 9.18 Å². The maximum Gasteiger partial charge on any atom is 0.308 e. The van der Waals surface area contributed by atoms with E-state index < -0.39 is 12.3 Å². The zero-order chi connectivity index (χ0) is 22.4. The molecule has 3 aliphatic rings. The highest BCUT2D eigenvalue weighted by Crippen LogP contribution is 2.47. The third kappa shape index (κ3) is 7.03. The van der Waals surface area contributed by atoms with Gasteiger partial charge in [-0.2, -0.15) is 0 Å². The molecule has 3 saturated carbocycles. The van der Waals surface area contributed by atoms with Gasteiger partial charge in [0.25, 0.3) is 0 Å².